The van der Waals surface area contributed by atoms with E-state index in [2.05, 4.69) is 20.9 Å². The molecule has 4 rings (SSSR count). The quantitative estimate of drug-likeness (QED) is 0.610. The summed E-state index contributed by atoms with van der Waals surface area (Å²) >= 11 is 7.50. The molecular formula is C21H22ClN5O2S. The molecule has 2 heterocycles. The molecule has 1 aliphatic rings. The monoisotopic (exact) mass is 443 g/mol. The lowest BCUT2D eigenvalue weighted by atomic mass is 10.0. The first-order chi connectivity index (χ1) is 14.5. The number of carbonyl (C=O) groups is 1. The first-order valence-electron chi connectivity index (χ1n) is 9.61. The van der Waals surface area contributed by atoms with Crippen molar-refractivity contribution in [3.63, 3.8) is 0 Å². The largest absolute Gasteiger partial charge is 0.494 e. The van der Waals surface area contributed by atoms with Crippen molar-refractivity contribution in [2.24, 2.45) is 0 Å². The summed E-state index contributed by atoms with van der Waals surface area (Å²) in [6.45, 7) is 6.35. The summed E-state index contributed by atoms with van der Waals surface area (Å²) in [5.41, 5.74) is 6.00. The van der Waals surface area contributed by atoms with E-state index in [1.54, 1.807) is 12.1 Å². The lowest BCUT2D eigenvalue weighted by molar-refractivity contribution is -0.116. The summed E-state index contributed by atoms with van der Waals surface area (Å²) in [5, 5.41) is 12.1. The lowest BCUT2D eigenvalue weighted by Gasteiger charge is -2.33. The maximum absolute atomic E-state index is 13.3. The second-order valence-electron chi connectivity index (χ2n) is 6.96. The third-order valence-corrected chi connectivity index (χ3v) is 6.31. The van der Waals surface area contributed by atoms with Crippen LogP contribution in [-0.4, -0.2) is 32.6 Å². The lowest BCUT2D eigenvalue weighted by Crippen LogP contribution is -2.41. The molecule has 156 valence electrons. The first-order valence-corrected chi connectivity index (χ1v) is 10.9. The smallest absolute Gasteiger partial charge is 0.240 e. The van der Waals surface area contributed by atoms with E-state index >= 15 is 0 Å². The average Bonchev–Trinajstić information content (AvgIpc) is 3.10. The van der Waals surface area contributed by atoms with Gasteiger partial charge in [-0.1, -0.05) is 41.6 Å². The van der Waals surface area contributed by atoms with Gasteiger partial charge in [-0.2, -0.15) is 0 Å². The highest BCUT2D eigenvalue weighted by Crippen LogP contribution is 2.38. The van der Waals surface area contributed by atoms with Gasteiger partial charge in [-0.05, 0) is 56.2 Å². The van der Waals surface area contributed by atoms with E-state index < -0.39 is 5.25 Å². The molecule has 0 aliphatic carbocycles. The van der Waals surface area contributed by atoms with Crippen LogP contribution < -0.4 is 15.5 Å². The Bertz CT molecular complexity index is 1070. The predicted molar refractivity (Wildman–Crippen MR) is 119 cm³/mol. The summed E-state index contributed by atoms with van der Waals surface area (Å²) in [7, 11) is 0. The SMILES string of the molecule is CCOc1ccc(C2Nn3c(C)nnc3SC2C(=O)Nc2cc(Cl)ccc2C)cc1. The summed E-state index contributed by atoms with van der Waals surface area (Å²) in [6, 6.07) is 12.9. The molecule has 1 aromatic heterocycles. The molecule has 2 unspecified atom stereocenters. The van der Waals surface area contributed by atoms with Gasteiger partial charge in [-0.25, -0.2) is 4.68 Å². The Morgan fingerprint density at radius 2 is 2.00 bits per heavy atom. The fourth-order valence-corrected chi connectivity index (χ4v) is 4.58. The number of thioether (sulfide) groups is 1. The number of hydrogen-bond donors (Lipinski definition) is 2. The number of aromatic nitrogens is 3. The van der Waals surface area contributed by atoms with Gasteiger partial charge in [0.05, 0.1) is 12.6 Å². The second kappa shape index (κ2) is 8.57. The van der Waals surface area contributed by atoms with Gasteiger partial charge in [0, 0.05) is 10.7 Å². The maximum atomic E-state index is 13.3. The highest BCUT2D eigenvalue weighted by atomic mass is 35.5. The predicted octanol–water partition coefficient (Wildman–Crippen LogP) is 4.34. The number of halogens is 1. The van der Waals surface area contributed by atoms with Crippen LogP contribution >= 0.6 is 23.4 Å². The zero-order valence-electron chi connectivity index (χ0n) is 16.8. The molecule has 7 nitrogen and oxygen atoms in total. The van der Waals surface area contributed by atoms with Crippen molar-refractivity contribution in [2.75, 3.05) is 17.3 Å². The number of nitrogens with zero attached hydrogens (tertiary/aromatic N) is 3. The minimum absolute atomic E-state index is 0.136. The normalized spacial score (nSPS) is 17.7. The van der Waals surface area contributed by atoms with Crippen LogP contribution in [0.3, 0.4) is 0 Å². The molecule has 1 amide bonds. The van der Waals surface area contributed by atoms with Gasteiger partial charge in [-0.3, -0.25) is 4.79 Å². The van der Waals surface area contributed by atoms with Crippen molar-refractivity contribution in [3.05, 3.63) is 64.4 Å². The number of anilines is 1. The third-order valence-electron chi connectivity index (χ3n) is 4.86. The first kappa shape index (κ1) is 20.6. The van der Waals surface area contributed by atoms with Crippen molar-refractivity contribution in [1.82, 2.24) is 14.9 Å². The van der Waals surface area contributed by atoms with E-state index in [9.17, 15) is 4.79 Å². The molecule has 0 spiro atoms. The van der Waals surface area contributed by atoms with Gasteiger partial charge < -0.3 is 15.5 Å². The van der Waals surface area contributed by atoms with Crippen molar-refractivity contribution < 1.29 is 9.53 Å². The average molecular weight is 444 g/mol. The van der Waals surface area contributed by atoms with Crippen LogP contribution in [0.25, 0.3) is 0 Å². The summed E-state index contributed by atoms with van der Waals surface area (Å²) in [4.78, 5) is 13.3. The van der Waals surface area contributed by atoms with Crippen LogP contribution in [0.15, 0.2) is 47.6 Å². The number of benzene rings is 2. The van der Waals surface area contributed by atoms with Gasteiger partial charge in [0.2, 0.25) is 11.1 Å². The summed E-state index contributed by atoms with van der Waals surface area (Å²) < 4.78 is 7.37. The van der Waals surface area contributed by atoms with Crippen molar-refractivity contribution in [3.8, 4) is 5.75 Å². The Kier molecular flexibility index (Phi) is 5.87. The van der Waals surface area contributed by atoms with E-state index in [0.29, 0.717) is 22.5 Å². The standard InChI is InChI=1S/C21H22ClN5O2S/c1-4-29-16-9-6-14(7-10-16)18-19(30-21-25-24-13(3)27(21)26-18)20(28)23-17-11-15(22)8-5-12(17)2/h5-11,18-19,26H,4H2,1-3H3,(H,23,28). The Morgan fingerprint density at radius 1 is 1.23 bits per heavy atom. The minimum Gasteiger partial charge on any atom is -0.494 e. The molecule has 2 aromatic carbocycles. The van der Waals surface area contributed by atoms with Crippen molar-refractivity contribution in [2.45, 2.75) is 37.2 Å². The van der Waals surface area contributed by atoms with Crippen LogP contribution in [0.5, 0.6) is 5.75 Å². The highest BCUT2D eigenvalue weighted by molar-refractivity contribution is 8.00. The Morgan fingerprint density at radius 3 is 2.73 bits per heavy atom. The molecule has 0 saturated heterocycles. The molecular weight excluding hydrogens is 422 g/mol. The van der Waals surface area contributed by atoms with E-state index in [1.165, 1.54) is 11.8 Å². The third kappa shape index (κ3) is 4.11. The molecule has 2 atom stereocenters. The Balaban J connectivity index is 1.65. The van der Waals surface area contributed by atoms with E-state index in [4.69, 9.17) is 16.3 Å². The van der Waals surface area contributed by atoms with Gasteiger partial charge in [0.15, 0.2) is 0 Å². The number of rotatable bonds is 5. The molecule has 9 heteroatoms. The Labute approximate surface area is 184 Å². The van der Waals surface area contributed by atoms with Gasteiger partial charge >= 0.3 is 0 Å². The number of ether oxygens (including phenoxy) is 1. The fraction of sp³-hybridized carbons (Fsp3) is 0.286. The Hall–Kier alpha value is -2.71. The molecule has 0 bridgehead atoms. The number of nitrogens with one attached hydrogen (secondary N) is 2. The van der Waals surface area contributed by atoms with Crippen molar-refractivity contribution >= 4 is 35.0 Å². The molecule has 1 aliphatic heterocycles. The van der Waals surface area contributed by atoms with Crippen molar-refractivity contribution in [1.29, 1.82) is 0 Å². The molecule has 30 heavy (non-hydrogen) atoms. The topological polar surface area (TPSA) is 81.1 Å². The molecule has 0 fully saturated rings. The van der Waals surface area contributed by atoms with Crippen LogP contribution in [0.1, 0.15) is 29.9 Å². The fourth-order valence-electron chi connectivity index (χ4n) is 3.28. The number of aryl methyl sites for hydroxylation is 2. The van der Waals surface area contributed by atoms with Crippen LogP contribution in [0.4, 0.5) is 5.69 Å². The second-order valence-corrected chi connectivity index (χ2v) is 8.51. The van der Waals surface area contributed by atoms with Gasteiger partial charge in [0.25, 0.3) is 0 Å². The molecule has 2 N–H and O–H groups in total. The number of fused-ring (bicyclic) bond motifs is 1. The molecule has 3 aromatic rings. The number of carbonyl (C=O) groups excluding carboxylic acids is 1. The van der Waals surface area contributed by atoms with Gasteiger partial charge in [0.1, 0.15) is 16.8 Å². The number of amides is 1. The maximum Gasteiger partial charge on any atom is 0.240 e. The van der Waals surface area contributed by atoms with E-state index in [-0.39, 0.29) is 11.9 Å². The van der Waals surface area contributed by atoms with Crippen LogP contribution in [-0.2, 0) is 4.79 Å². The van der Waals surface area contributed by atoms with E-state index in [0.717, 1.165) is 22.7 Å². The minimum atomic E-state index is -0.461. The molecule has 0 radical (unpaired) electrons. The zero-order valence-corrected chi connectivity index (χ0v) is 18.4. The summed E-state index contributed by atoms with van der Waals surface area (Å²) in [6.07, 6.45) is 0. The molecule has 0 saturated carbocycles. The van der Waals surface area contributed by atoms with Gasteiger partial charge in [-0.15, -0.1) is 10.2 Å². The highest BCUT2D eigenvalue weighted by Gasteiger charge is 2.37. The van der Waals surface area contributed by atoms with E-state index in [1.807, 2.05) is 55.8 Å². The van der Waals surface area contributed by atoms with Crippen LogP contribution in [0.2, 0.25) is 5.02 Å². The number of hydrogen-bond acceptors (Lipinski definition) is 6. The summed E-state index contributed by atoms with van der Waals surface area (Å²) in [5.74, 6) is 1.39. The van der Waals surface area contributed by atoms with Crippen LogP contribution in [0, 0.1) is 13.8 Å². The zero-order chi connectivity index (χ0) is 21.3.